The number of aliphatic carboxylic acids is 1. The van der Waals surface area contributed by atoms with Crippen LogP contribution in [-0.2, 0) is 10.2 Å². The molecule has 5 nitrogen and oxygen atoms in total. The highest BCUT2D eigenvalue weighted by Gasteiger charge is 2.50. The van der Waals surface area contributed by atoms with Crippen LogP contribution in [0, 0.1) is 0 Å². The van der Waals surface area contributed by atoms with Gasteiger partial charge in [0, 0.05) is 6.07 Å². The molecule has 0 heterocycles. The van der Waals surface area contributed by atoms with Crippen molar-refractivity contribution in [3.05, 3.63) is 16.7 Å². The van der Waals surface area contributed by atoms with Crippen LogP contribution in [-0.4, -0.2) is 30.4 Å². The van der Waals surface area contributed by atoms with E-state index in [0.29, 0.717) is 18.6 Å². The van der Waals surface area contributed by atoms with E-state index in [1.54, 1.807) is 0 Å². The van der Waals surface area contributed by atoms with Gasteiger partial charge in [0.1, 0.15) is 11.2 Å². The molecular weight excluding hydrogens is 272 g/mol. The van der Waals surface area contributed by atoms with Gasteiger partial charge in [0.15, 0.2) is 11.5 Å². The zero-order chi connectivity index (χ0) is 14.2. The van der Waals surface area contributed by atoms with Crippen LogP contribution in [0.4, 0.5) is 0 Å². The Balaban J connectivity index is 2.73. The highest BCUT2D eigenvalue weighted by molar-refractivity contribution is 6.32. The summed E-state index contributed by atoms with van der Waals surface area (Å²) in [5.74, 6) is -0.697. The van der Waals surface area contributed by atoms with Crippen LogP contribution in [0.25, 0.3) is 0 Å². The minimum Gasteiger partial charge on any atom is -0.506 e. The van der Waals surface area contributed by atoms with Crippen molar-refractivity contribution in [2.24, 2.45) is 0 Å². The smallest absolute Gasteiger partial charge is 0.314 e. The Bertz CT molecular complexity index is 522. The van der Waals surface area contributed by atoms with Crippen molar-refractivity contribution in [2.75, 3.05) is 14.2 Å². The lowest BCUT2D eigenvalue weighted by molar-refractivity contribution is -0.147. The van der Waals surface area contributed by atoms with Crippen molar-refractivity contribution in [3.63, 3.8) is 0 Å². The van der Waals surface area contributed by atoms with Crippen molar-refractivity contribution in [1.82, 2.24) is 0 Å². The molecule has 104 valence electrons. The van der Waals surface area contributed by atoms with E-state index < -0.39 is 11.4 Å². The van der Waals surface area contributed by atoms with Crippen molar-refractivity contribution in [1.29, 1.82) is 0 Å². The highest BCUT2D eigenvalue weighted by atomic mass is 35.5. The number of aromatic hydroxyl groups is 1. The Morgan fingerprint density at radius 1 is 1.37 bits per heavy atom. The highest BCUT2D eigenvalue weighted by Crippen LogP contribution is 2.55. The van der Waals surface area contributed by atoms with Crippen LogP contribution in [0.5, 0.6) is 17.2 Å². The van der Waals surface area contributed by atoms with Gasteiger partial charge < -0.3 is 19.7 Å². The number of benzene rings is 1. The molecular formula is C13H15ClO5. The molecule has 1 aliphatic rings. The van der Waals surface area contributed by atoms with E-state index in [-0.39, 0.29) is 22.1 Å². The molecule has 2 rings (SSSR count). The lowest BCUT2D eigenvalue weighted by Gasteiger charge is -2.39. The zero-order valence-electron chi connectivity index (χ0n) is 10.7. The van der Waals surface area contributed by atoms with E-state index in [0.717, 1.165) is 6.42 Å². The van der Waals surface area contributed by atoms with Crippen molar-refractivity contribution < 1.29 is 24.5 Å². The first-order chi connectivity index (χ1) is 8.97. The average molecular weight is 287 g/mol. The van der Waals surface area contributed by atoms with Gasteiger partial charge in [-0.15, -0.1) is 0 Å². The predicted octanol–water partition coefficient (Wildman–Crippen LogP) is 2.57. The van der Waals surface area contributed by atoms with Gasteiger partial charge in [-0.3, -0.25) is 4.79 Å². The fourth-order valence-corrected chi connectivity index (χ4v) is 2.69. The molecule has 0 spiro atoms. The Kier molecular flexibility index (Phi) is 3.49. The molecule has 0 saturated heterocycles. The number of methoxy groups -OCH3 is 2. The molecule has 0 atom stereocenters. The summed E-state index contributed by atoms with van der Waals surface area (Å²) in [4.78, 5) is 11.6. The van der Waals surface area contributed by atoms with Crippen molar-refractivity contribution >= 4 is 17.6 Å². The summed E-state index contributed by atoms with van der Waals surface area (Å²) < 4.78 is 10.4. The Labute approximate surface area is 115 Å². The Hall–Kier alpha value is -1.62. The number of halogens is 1. The van der Waals surface area contributed by atoms with Gasteiger partial charge in [-0.05, 0) is 12.8 Å². The summed E-state index contributed by atoms with van der Waals surface area (Å²) in [7, 11) is 2.84. The molecule has 0 bridgehead atoms. The molecule has 1 aromatic carbocycles. The van der Waals surface area contributed by atoms with Gasteiger partial charge in [-0.2, -0.15) is 0 Å². The SMILES string of the molecule is COc1cc(Cl)c(O)c(C2(C(=O)O)CCC2)c1OC. The average Bonchev–Trinajstić information content (AvgIpc) is 2.32. The van der Waals surface area contributed by atoms with Crippen molar-refractivity contribution in [2.45, 2.75) is 24.7 Å². The third-order valence-electron chi connectivity index (χ3n) is 3.69. The van der Waals surface area contributed by atoms with Crippen LogP contribution >= 0.6 is 11.6 Å². The zero-order valence-corrected chi connectivity index (χ0v) is 11.5. The van der Waals surface area contributed by atoms with Crippen LogP contribution in [0.15, 0.2) is 6.07 Å². The molecule has 1 saturated carbocycles. The number of carboxylic acids is 1. The van der Waals surface area contributed by atoms with Crippen LogP contribution in [0.2, 0.25) is 5.02 Å². The quantitative estimate of drug-likeness (QED) is 0.889. The molecule has 1 aromatic rings. The molecule has 0 aromatic heterocycles. The van der Waals surface area contributed by atoms with E-state index in [1.807, 2.05) is 0 Å². The number of hydrogen-bond donors (Lipinski definition) is 2. The van der Waals surface area contributed by atoms with E-state index in [2.05, 4.69) is 0 Å². The summed E-state index contributed by atoms with van der Waals surface area (Å²) in [6.45, 7) is 0. The summed E-state index contributed by atoms with van der Waals surface area (Å²) in [6.07, 6.45) is 1.66. The van der Waals surface area contributed by atoms with Gasteiger partial charge in [0.05, 0.1) is 24.8 Å². The normalized spacial score (nSPS) is 16.6. The first-order valence-electron chi connectivity index (χ1n) is 5.85. The minimum absolute atomic E-state index is 0.0557. The van der Waals surface area contributed by atoms with Crippen LogP contribution in [0.3, 0.4) is 0 Å². The molecule has 19 heavy (non-hydrogen) atoms. The molecule has 0 aliphatic heterocycles. The molecule has 1 aliphatic carbocycles. The summed E-state index contributed by atoms with van der Waals surface area (Å²) in [5.41, 5.74) is -0.939. The molecule has 6 heteroatoms. The number of hydrogen-bond acceptors (Lipinski definition) is 4. The largest absolute Gasteiger partial charge is 0.506 e. The second-order valence-corrected chi connectivity index (χ2v) is 4.97. The van der Waals surface area contributed by atoms with E-state index in [1.165, 1.54) is 20.3 Å². The third kappa shape index (κ3) is 1.89. The van der Waals surface area contributed by atoms with E-state index >= 15 is 0 Å². The van der Waals surface area contributed by atoms with Gasteiger partial charge in [0.2, 0.25) is 0 Å². The second kappa shape index (κ2) is 4.81. The fourth-order valence-electron chi connectivity index (χ4n) is 2.50. The molecule has 0 unspecified atom stereocenters. The number of phenolic OH excluding ortho intramolecular Hbond substituents is 1. The number of carboxylic acid groups (broad SMARTS) is 1. The third-order valence-corrected chi connectivity index (χ3v) is 3.98. The summed E-state index contributed by atoms with van der Waals surface area (Å²) in [5, 5.41) is 19.7. The minimum atomic E-state index is -1.15. The van der Waals surface area contributed by atoms with Gasteiger partial charge in [-0.1, -0.05) is 18.0 Å². The lowest BCUT2D eigenvalue weighted by Crippen LogP contribution is -2.42. The Morgan fingerprint density at radius 2 is 2.00 bits per heavy atom. The first kappa shape index (κ1) is 13.8. The van der Waals surface area contributed by atoms with Gasteiger partial charge >= 0.3 is 5.97 Å². The molecule has 0 radical (unpaired) electrons. The summed E-state index contributed by atoms with van der Waals surface area (Å²) in [6, 6.07) is 1.41. The predicted molar refractivity (Wildman–Crippen MR) is 69.4 cm³/mol. The van der Waals surface area contributed by atoms with Crippen LogP contribution < -0.4 is 9.47 Å². The molecule has 1 fully saturated rings. The maximum absolute atomic E-state index is 11.6. The number of carbonyl (C=O) groups is 1. The second-order valence-electron chi connectivity index (χ2n) is 4.56. The monoisotopic (exact) mass is 286 g/mol. The number of rotatable bonds is 4. The topological polar surface area (TPSA) is 76.0 Å². The first-order valence-corrected chi connectivity index (χ1v) is 6.23. The van der Waals surface area contributed by atoms with Gasteiger partial charge in [-0.25, -0.2) is 0 Å². The standard InChI is InChI=1S/C13H15ClO5/c1-18-8-6-7(14)10(15)9(11(8)19-2)13(12(16)17)4-3-5-13/h6,15H,3-5H2,1-2H3,(H,16,17). The van der Waals surface area contributed by atoms with Crippen molar-refractivity contribution in [3.8, 4) is 17.2 Å². The molecule has 2 N–H and O–H groups in total. The maximum Gasteiger partial charge on any atom is 0.314 e. The fraction of sp³-hybridized carbons (Fsp3) is 0.462. The summed E-state index contributed by atoms with van der Waals surface area (Å²) >= 11 is 5.94. The van der Waals surface area contributed by atoms with Crippen LogP contribution in [0.1, 0.15) is 24.8 Å². The molecule has 0 amide bonds. The maximum atomic E-state index is 11.6. The van der Waals surface area contributed by atoms with Gasteiger partial charge in [0.25, 0.3) is 0 Å². The number of ether oxygens (including phenoxy) is 2. The lowest BCUT2D eigenvalue weighted by atomic mass is 9.64. The number of phenols is 1. The van der Waals surface area contributed by atoms with E-state index in [9.17, 15) is 15.0 Å². The van der Waals surface area contributed by atoms with E-state index in [4.69, 9.17) is 21.1 Å². The Morgan fingerprint density at radius 3 is 2.37 bits per heavy atom.